The van der Waals surface area contributed by atoms with Gasteiger partial charge in [0.15, 0.2) is 0 Å². The molecule has 0 unspecified atom stereocenters. The highest BCUT2D eigenvalue weighted by atomic mass is 32.2. The van der Waals surface area contributed by atoms with E-state index in [1.54, 1.807) is 0 Å². The first kappa shape index (κ1) is 12.3. The molecule has 0 atom stereocenters. The SMILES string of the molecule is CC(C)C1CC(C#N)(SC2CCCCC2)C1. The lowest BCUT2D eigenvalue weighted by Gasteiger charge is -2.46. The van der Waals surface area contributed by atoms with Gasteiger partial charge in [-0.15, -0.1) is 11.8 Å². The summed E-state index contributed by atoms with van der Waals surface area (Å²) in [6, 6.07) is 2.61. The van der Waals surface area contributed by atoms with Crippen LogP contribution in [0.3, 0.4) is 0 Å². The van der Waals surface area contributed by atoms with E-state index in [2.05, 4.69) is 19.9 Å². The van der Waals surface area contributed by atoms with E-state index in [-0.39, 0.29) is 4.75 Å². The monoisotopic (exact) mass is 237 g/mol. The molecule has 2 aliphatic rings. The molecule has 0 aromatic rings. The maximum absolute atomic E-state index is 9.40. The molecule has 2 aliphatic carbocycles. The van der Waals surface area contributed by atoms with Gasteiger partial charge in [-0.1, -0.05) is 33.1 Å². The molecule has 1 nitrogen and oxygen atoms in total. The van der Waals surface area contributed by atoms with Gasteiger partial charge >= 0.3 is 0 Å². The molecule has 0 spiro atoms. The van der Waals surface area contributed by atoms with E-state index in [0.29, 0.717) is 0 Å². The van der Waals surface area contributed by atoms with Gasteiger partial charge in [0.2, 0.25) is 0 Å². The van der Waals surface area contributed by atoms with Crippen LogP contribution in [0, 0.1) is 23.2 Å². The Bertz CT molecular complexity index is 267. The van der Waals surface area contributed by atoms with Crippen molar-refractivity contribution in [2.45, 2.75) is 68.8 Å². The van der Waals surface area contributed by atoms with Crippen LogP contribution in [0.1, 0.15) is 58.8 Å². The average molecular weight is 237 g/mol. The van der Waals surface area contributed by atoms with Crippen LogP contribution in [0.25, 0.3) is 0 Å². The van der Waals surface area contributed by atoms with Crippen LogP contribution in [0.5, 0.6) is 0 Å². The van der Waals surface area contributed by atoms with E-state index in [0.717, 1.165) is 29.9 Å². The molecule has 2 fully saturated rings. The fraction of sp³-hybridized carbons (Fsp3) is 0.929. The summed E-state index contributed by atoms with van der Waals surface area (Å²) in [6.45, 7) is 4.58. The maximum atomic E-state index is 9.40. The van der Waals surface area contributed by atoms with Crippen LogP contribution >= 0.6 is 11.8 Å². The van der Waals surface area contributed by atoms with Gasteiger partial charge in [-0.3, -0.25) is 0 Å². The molecule has 2 saturated carbocycles. The summed E-state index contributed by atoms with van der Waals surface area (Å²) in [5, 5.41) is 10.2. The molecule has 2 heteroatoms. The van der Waals surface area contributed by atoms with E-state index < -0.39 is 0 Å². The lowest BCUT2D eigenvalue weighted by atomic mass is 9.69. The molecule has 16 heavy (non-hydrogen) atoms. The Morgan fingerprint density at radius 3 is 2.31 bits per heavy atom. The van der Waals surface area contributed by atoms with Crippen LogP contribution < -0.4 is 0 Å². The number of nitrogens with zero attached hydrogens (tertiary/aromatic N) is 1. The smallest absolute Gasteiger partial charge is 0.103 e. The van der Waals surface area contributed by atoms with Gasteiger partial charge in [0.25, 0.3) is 0 Å². The van der Waals surface area contributed by atoms with Gasteiger partial charge in [-0.05, 0) is 37.5 Å². The molecule has 0 saturated heterocycles. The highest BCUT2D eigenvalue weighted by molar-refractivity contribution is 8.01. The van der Waals surface area contributed by atoms with Crippen molar-refractivity contribution in [3.05, 3.63) is 0 Å². The van der Waals surface area contributed by atoms with Gasteiger partial charge in [0.1, 0.15) is 4.75 Å². The summed E-state index contributed by atoms with van der Waals surface area (Å²) in [4.78, 5) is 0. The fourth-order valence-electron chi connectivity index (χ4n) is 2.97. The number of nitriles is 1. The predicted octanol–water partition coefficient (Wildman–Crippen LogP) is 4.38. The molecule has 90 valence electrons. The largest absolute Gasteiger partial charge is 0.197 e. The summed E-state index contributed by atoms with van der Waals surface area (Å²) in [6.07, 6.45) is 9.15. The summed E-state index contributed by atoms with van der Waals surface area (Å²) < 4.78 is -0.00303. The molecule has 0 N–H and O–H groups in total. The summed E-state index contributed by atoms with van der Waals surface area (Å²) in [7, 11) is 0. The van der Waals surface area contributed by atoms with Gasteiger partial charge in [0, 0.05) is 5.25 Å². The zero-order valence-corrected chi connectivity index (χ0v) is 11.4. The standard InChI is InChI=1S/C14H23NS/c1-11(2)12-8-14(9-12,10-15)16-13-6-4-3-5-7-13/h11-13H,3-9H2,1-2H3. The third-order valence-electron chi connectivity index (χ3n) is 4.27. The first-order chi connectivity index (χ1) is 7.65. The molecule has 2 rings (SSSR count). The van der Waals surface area contributed by atoms with Crippen molar-refractivity contribution in [3.63, 3.8) is 0 Å². The first-order valence-corrected chi connectivity index (χ1v) is 7.62. The zero-order chi connectivity index (χ0) is 11.6. The molecular formula is C14H23NS. The Morgan fingerprint density at radius 1 is 1.19 bits per heavy atom. The van der Waals surface area contributed by atoms with E-state index in [4.69, 9.17) is 0 Å². The van der Waals surface area contributed by atoms with Crippen molar-refractivity contribution in [1.82, 2.24) is 0 Å². The van der Waals surface area contributed by atoms with Crippen LogP contribution in [0.2, 0.25) is 0 Å². The molecular weight excluding hydrogens is 214 g/mol. The molecule has 0 heterocycles. The maximum Gasteiger partial charge on any atom is 0.103 e. The van der Waals surface area contributed by atoms with Gasteiger partial charge in [-0.25, -0.2) is 0 Å². The van der Waals surface area contributed by atoms with E-state index in [1.165, 1.54) is 32.1 Å². The highest BCUT2D eigenvalue weighted by Gasteiger charge is 2.47. The number of hydrogen-bond donors (Lipinski definition) is 0. The highest BCUT2D eigenvalue weighted by Crippen LogP contribution is 2.53. The Morgan fingerprint density at radius 2 is 1.81 bits per heavy atom. The van der Waals surface area contributed by atoms with Crippen molar-refractivity contribution in [2.24, 2.45) is 11.8 Å². The van der Waals surface area contributed by atoms with Crippen LogP contribution in [-0.4, -0.2) is 10.00 Å². The lowest BCUT2D eigenvalue weighted by Crippen LogP contribution is -2.43. The lowest BCUT2D eigenvalue weighted by molar-refractivity contribution is 0.206. The van der Waals surface area contributed by atoms with Crippen molar-refractivity contribution in [3.8, 4) is 6.07 Å². The molecule has 0 aromatic carbocycles. The topological polar surface area (TPSA) is 23.8 Å². The summed E-state index contributed by atoms with van der Waals surface area (Å²) in [5.41, 5.74) is 0. The second-order valence-corrected chi connectivity index (χ2v) is 7.58. The number of thioether (sulfide) groups is 1. The Hall–Kier alpha value is -0.160. The summed E-state index contributed by atoms with van der Waals surface area (Å²) >= 11 is 2.01. The molecule has 0 amide bonds. The Labute approximate surface area is 104 Å². The van der Waals surface area contributed by atoms with Gasteiger partial charge in [0.05, 0.1) is 6.07 Å². The normalized spacial score (nSPS) is 35.8. The minimum Gasteiger partial charge on any atom is -0.197 e. The van der Waals surface area contributed by atoms with Crippen LogP contribution in [0.4, 0.5) is 0 Å². The second-order valence-electron chi connectivity index (χ2n) is 5.90. The van der Waals surface area contributed by atoms with Crippen molar-refractivity contribution < 1.29 is 0 Å². The van der Waals surface area contributed by atoms with Crippen LogP contribution in [-0.2, 0) is 0 Å². The van der Waals surface area contributed by atoms with Crippen LogP contribution in [0.15, 0.2) is 0 Å². The average Bonchev–Trinajstić information content (AvgIpc) is 2.24. The Kier molecular flexibility index (Phi) is 3.85. The quantitative estimate of drug-likeness (QED) is 0.727. The van der Waals surface area contributed by atoms with Gasteiger partial charge < -0.3 is 0 Å². The van der Waals surface area contributed by atoms with Crippen molar-refractivity contribution >= 4 is 11.8 Å². The minimum atomic E-state index is -0.00303. The number of hydrogen-bond acceptors (Lipinski definition) is 2. The van der Waals surface area contributed by atoms with E-state index >= 15 is 0 Å². The van der Waals surface area contributed by atoms with Crippen molar-refractivity contribution in [2.75, 3.05) is 0 Å². The molecule has 0 bridgehead atoms. The predicted molar refractivity (Wildman–Crippen MR) is 70.4 cm³/mol. The molecule has 0 radical (unpaired) electrons. The minimum absolute atomic E-state index is 0.00303. The second kappa shape index (κ2) is 5.00. The van der Waals surface area contributed by atoms with Gasteiger partial charge in [-0.2, -0.15) is 5.26 Å². The van der Waals surface area contributed by atoms with E-state index in [9.17, 15) is 5.26 Å². The first-order valence-electron chi connectivity index (χ1n) is 6.74. The third-order valence-corrected chi connectivity index (χ3v) is 5.96. The molecule has 0 aliphatic heterocycles. The fourth-order valence-corrected chi connectivity index (χ4v) is 4.85. The third kappa shape index (κ3) is 2.56. The Balaban J connectivity index is 1.85. The summed E-state index contributed by atoms with van der Waals surface area (Å²) in [5.74, 6) is 1.56. The molecule has 0 aromatic heterocycles. The number of rotatable bonds is 3. The van der Waals surface area contributed by atoms with Crippen molar-refractivity contribution in [1.29, 1.82) is 5.26 Å². The zero-order valence-electron chi connectivity index (χ0n) is 10.5. The van der Waals surface area contributed by atoms with E-state index in [1.807, 2.05) is 11.8 Å².